The number of imidazole rings is 1. The number of ether oxygens (including phenoxy) is 2. The molecule has 1 saturated heterocycles. The maximum absolute atomic E-state index is 14.2. The molecule has 2 heterocycles. The van der Waals surface area contributed by atoms with Gasteiger partial charge in [-0.1, -0.05) is 43.2 Å². The second-order valence-corrected chi connectivity index (χ2v) is 11.2. The molecule has 5 rings (SSSR count). The van der Waals surface area contributed by atoms with Crippen molar-refractivity contribution < 1.29 is 32.5 Å². The number of halogens is 3. The monoisotopic (exact) mass is 601 g/mol. The van der Waals surface area contributed by atoms with E-state index in [1.807, 2.05) is 39.8 Å². The van der Waals surface area contributed by atoms with Crippen molar-refractivity contribution in [1.29, 1.82) is 0 Å². The lowest BCUT2D eigenvalue weighted by atomic mass is 9.80. The highest BCUT2D eigenvalue weighted by atomic mass is 19.4. The van der Waals surface area contributed by atoms with Gasteiger partial charge in [-0.15, -0.1) is 13.2 Å². The number of aromatic nitrogens is 2. The zero-order valence-electron chi connectivity index (χ0n) is 24.1. The van der Waals surface area contributed by atoms with E-state index in [0.29, 0.717) is 56.1 Å². The van der Waals surface area contributed by atoms with Crippen LogP contribution in [0.3, 0.4) is 0 Å². The van der Waals surface area contributed by atoms with Crippen molar-refractivity contribution in [3.05, 3.63) is 66.6 Å². The lowest BCUT2D eigenvalue weighted by Crippen LogP contribution is -2.54. The third kappa shape index (κ3) is 7.31. The number of alkyl halides is 3. The Kier molecular flexibility index (Phi) is 9.58. The Labute approximate surface area is 249 Å². The van der Waals surface area contributed by atoms with Gasteiger partial charge in [0.1, 0.15) is 11.4 Å². The fraction of sp³-hybridized carbons (Fsp3) is 0.484. The summed E-state index contributed by atoms with van der Waals surface area (Å²) < 4.78 is 48.7. The molecule has 3 N–H and O–H groups in total. The topological polar surface area (TPSA) is 101 Å². The second kappa shape index (κ2) is 13.4. The molecule has 43 heavy (non-hydrogen) atoms. The Morgan fingerprint density at radius 3 is 2.65 bits per heavy atom. The summed E-state index contributed by atoms with van der Waals surface area (Å²) in [6.45, 7) is 2.45. The zero-order valence-corrected chi connectivity index (χ0v) is 24.1. The van der Waals surface area contributed by atoms with E-state index < -0.39 is 12.0 Å². The first-order valence-corrected chi connectivity index (χ1v) is 14.6. The number of aliphatic hydroxyl groups is 1. The summed E-state index contributed by atoms with van der Waals surface area (Å²) >= 11 is 0. The number of methoxy groups -OCH3 is 1. The van der Waals surface area contributed by atoms with Crippen LogP contribution in [0.25, 0.3) is 11.3 Å². The molecule has 9 nitrogen and oxygen atoms in total. The smallest absolute Gasteiger partial charge is 0.406 e. The number of piperazine rings is 1. The fourth-order valence-corrected chi connectivity index (χ4v) is 6.24. The highest BCUT2D eigenvalue weighted by Gasteiger charge is 2.42. The van der Waals surface area contributed by atoms with Gasteiger partial charge in [-0.2, -0.15) is 0 Å². The third-order valence-electron chi connectivity index (χ3n) is 8.24. The first-order chi connectivity index (χ1) is 20.7. The molecule has 2 aliphatic rings. The van der Waals surface area contributed by atoms with Gasteiger partial charge >= 0.3 is 6.36 Å². The van der Waals surface area contributed by atoms with Crippen molar-refractivity contribution in [1.82, 2.24) is 19.8 Å². The van der Waals surface area contributed by atoms with E-state index in [0.717, 1.165) is 24.8 Å². The summed E-state index contributed by atoms with van der Waals surface area (Å²) in [6, 6.07) is 14.8. The number of amides is 1. The molecule has 3 aromatic rings. The van der Waals surface area contributed by atoms with Crippen LogP contribution in [0.2, 0.25) is 0 Å². The van der Waals surface area contributed by atoms with Crippen molar-refractivity contribution >= 4 is 11.6 Å². The number of carbonyl (C=O) groups excluding carboxylic acids is 1. The number of carbonyl (C=O) groups is 1. The van der Waals surface area contributed by atoms with Crippen LogP contribution in [0.5, 0.6) is 5.75 Å². The van der Waals surface area contributed by atoms with Crippen LogP contribution in [0.1, 0.15) is 48.6 Å². The minimum absolute atomic E-state index is 0.129. The number of anilines is 1. The van der Waals surface area contributed by atoms with Gasteiger partial charge in [-0.25, -0.2) is 4.98 Å². The molecule has 1 aromatic heterocycles. The summed E-state index contributed by atoms with van der Waals surface area (Å²) in [6.07, 6.45) is 0.753. The second-order valence-electron chi connectivity index (χ2n) is 11.2. The van der Waals surface area contributed by atoms with Crippen molar-refractivity contribution in [3.63, 3.8) is 0 Å². The first kappa shape index (κ1) is 30.8. The fourth-order valence-electron chi connectivity index (χ4n) is 6.24. The SMILES string of the molecule is COC[C@]1(O)CCCC[C@H]1n1cnc(C(=O)N2CCNC[C@H]2CCNc2ccc(OC(F)(F)F)cc2)c1-c1ccccc1. The molecule has 0 spiro atoms. The highest BCUT2D eigenvalue weighted by Crippen LogP contribution is 2.41. The minimum Gasteiger partial charge on any atom is -0.406 e. The minimum atomic E-state index is -4.74. The molecule has 232 valence electrons. The quantitative estimate of drug-likeness (QED) is 0.305. The normalized spacial score (nSPS) is 22.8. The molecule has 0 bridgehead atoms. The number of nitrogens with zero attached hydrogens (tertiary/aromatic N) is 3. The van der Waals surface area contributed by atoms with Gasteiger partial charge in [-0.3, -0.25) is 4.79 Å². The molecule has 1 amide bonds. The van der Waals surface area contributed by atoms with E-state index in [4.69, 9.17) is 4.74 Å². The van der Waals surface area contributed by atoms with Crippen molar-refractivity contribution in [3.8, 4) is 17.0 Å². The van der Waals surface area contributed by atoms with E-state index in [1.165, 1.54) is 24.3 Å². The highest BCUT2D eigenvalue weighted by molar-refractivity contribution is 5.98. The Balaban J connectivity index is 1.35. The lowest BCUT2D eigenvalue weighted by Gasteiger charge is -2.41. The summed E-state index contributed by atoms with van der Waals surface area (Å²) in [4.78, 5) is 20.7. The van der Waals surface area contributed by atoms with Crippen LogP contribution in [0.4, 0.5) is 18.9 Å². The Bertz CT molecular complexity index is 1350. The predicted octanol–water partition coefficient (Wildman–Crippen LogP) is 4.86. The molecular formula is C31H38F3N5O4. The van der Waals surface area contributed by atoms with Gasteiger partial charge in [0.25, 0.3) is 5.91 Å². The molecule has 1 aliphatic carbocycles. The number of hydrogen-bond donors (Lipinski definition) is 3. The van der Waals surface area contributed by atoms with Crippen molar-refractivity contribution in [2.75, 3.05) is 45.2 Å². The zero-order chi connectivity index (χ0) is 30.5. The van der Waals surface area contributed by atoms with E-state index >= 15 is 0 Å². The van der Waals surface area contributed by atoms with Crippen LogP contribution in [-0.2, 0) is 4.74 Å². The standard InChI is InChI=1S/C31H38F3N5O4/c1-42-20-30(41)15-6-5-9-26(30)39-21-37-27(28(39)22-7-3-2-4-8-22)29(40)38-18-17-35-19-24(38)14-16-36-23-10-12-25(13-11-23)43-31(32,33)34/h2-4,7-8,10-13,21,24,26,35-36,41H,5-6,9,14-20H2,1H3/t24-,26-,30-/m1/s1. The summed E-state index contributed by atoms with van der Waals surface area (Å²) in [5.41, 5.74) is 1.45. The molecule has 1 aliphatic heterocycles. The van der Waals surface area contributed by atoms with Gasteiger partial charge in [0.05, 0.1) is 24.7 Å². The van der Waals surface area contributed by atoms with Crippen LogP contribution >= 0.6 is 0 Å². The van der Waals surface area contributed by atoms with Crippen LogP contribution in [0, 0.1) is 0 Å². The molecule has 0 unspecified atom stereocenters. The van der Waals surface area contributed by atoms with E-state index in [1.54, 1.807) is 13.4 Å². The summed E-state index contributed by atoms with van der Waals surface area (Å²) in [7, 11) is 1.58. The predicted molar refractivity (Wildman–Crippen MR) is 156 cm³/mol. The van der Waals surface area contributed by atoms with Gasteiger partial charge in [-0.05, 0) is 43.5 Å². The van der Waals surface area contributed by atoms with E-state index in [-0.39, 0.29) is 30.3 Å². The van der Waals surface area contributed by atoms with E-state index in [9.17, 15) is 23.1 Å². The maximum atomic E-state index is 14.2. The third-order valence-corrected chi connectivity index (χ3v) is 8.24. The molecule has 1 saturated carbocycles. The van der Waals surface area contributed by atoms with Crippen molar-refractivity contribution in [2.24, 2.45) is 0 Å². The molecule has 0 radical (unpaired) electrons. The van der Waals surface area contributed by atoms with Gasteiger partial charge < -0.3 is 34.7 Å². The maximum Gasteiger partial charge on any atom is 0.573 e. The number of hydrogen-bond acceptors (Lipinski definition) is 7. The van der Waals surface area contributed by atoms with E-state index in [2.05, 4.69) is 20.4 Å². The summed E-state index contributed by atoms with van der Waals surface area (Å²) in [5.74, 6) is -0.460. The average Bonchev–Trinajstić information content (AvgIpc) is 3.43. The Morgan fingerprint density at radius 2 is 1.93 bits per heavy atom. The molecular weight excluding hydrogens is 563 g/mol. The van der Waals surface area contributed by atoms with Crippen LogP contribution in [0.15, 0.2) is 60.9 Å². The molecule has 2 aromatic carbocycles. The number of benzene rings is 2. The largest absolute Gasteiger partial charge is 0.573 e. The molecule has 3 atom stereocenters. The van der Waals surface area contributed by atoms with Crippen LogP contribution < -0.4 is 15.4 Å². The van der Waals surface area contributed by atoms with Crippen molar-refractivity contribution in [2.45, 2.75) is 56.2 Å². The van der Waals surface area contributed by atoms with Crippen LogP contribution in [-0.4, -0.2) is 83.4 Å². The van der Waals surface area contributed by atoms with Gasteiger partial charge in [0.15, 0.2) is 5.69 Å². The molecule has 2 fully saturated rings. The average molecular weight is 602 g/mol. The summed E-state index contributed by atoms with van der Waals surface area (Å²) in [5, 5.41) is 18.2. The first-order valence-electron chi connectivity index (χ1n) is 14.6. The van der Waals surface area contributed by atoms with Gasteiger partial charge in [0, 0.05) is 50.6 Å². The number of nitrogens with one attached hydrogen (secondary N) is 2. The number of rotatable bonds is 10. The van der Waals surface area contributed by atoms with Gasteiger partial charge in [0.2, 0.25) is 0 Å². The Morgan fingerprint density at radius 1 is 1.16 bits per heavy atom. The molecule has 12 heteroatoms. The Hall–Kier alpha value is -3.61. The lowest BCUT2D eigenvalue weighted by molar-refractivity contribution is -0.274.